The summed E-state index contributed by atoms with van der Waals surface area (Å²) in [6.45, 7) is 0. The van der Waals surface area contributed by atoms with E-state index in [1.165, 1.54) is 97.4 Å². The Labute approximate surface area is 294 Å². The van der Waals surface area contributed by atoms with Crippen molar-refractivity contribution in [1.82, 2.24) is 4.57 Å². The third-order valence-corrected chi connectivity index (χ3v) is 12.1. The van der Waals surface area contributed by atoms with E-state index >= 15 is 0 Å². The number of hydrogen-bond donors (Lipinski definition) is 0. The first kappa shape index (κ1) is 27.9. The zero-order valence-corrected chi connectivity index (χ0v) is 28.1. The zero-order valence-electron chi connectivity index (χ0n) is 27.3. The van der Waals surface area contributed by atoms with Crippen molar-refractivity contribution in [2.45, 2.75) is 12.3 Å². The lowest BCUT2D eigenvalue weighted by Crippen LogP contribution is -2.01. The number of benzene rings is 8. The maximum absolute atomic E-state index is 2.55. The molecule has 0 saturated carbocycles. The summed E-state index contributed by atoms with van der Waals surface area (Å²) >= 11 is 1.91. The number of hydrogen-bond acceptors (Lipinski definition) is 1. The number of nitrogens with zero attached hydrogens (tertiary/aromatic N) is 1. The molecule has 0 fully saturated rings. The highest BCUT2D eigenvalue weighted by Gasteiger charge is 2.30. The van der Waals surface area contributed by atoms with Crippen LogP contribution >= 0.6 is 11.3 Å². The summed E-state index contributed by atoms with van der Waals surface area (Å²) in [4.78, 5) is 0. The van der Waals surface area contributed by atoms with Crippen LogP contribution in [0.1, 0.15) is 22.6 Å². The molecule has 1 unspecified atom stereocenters. The number of para-hydroxylation sites is 1. The van der Waals surface area contributed by atoms with E-state index in [1.807, 2.05) is 11.3 Å². The molecular formula is C48H31NS. The van der Waals surface area contributed by atoms with Gasteiger partial charge in [0.05, 0.1) is 16.7 Å². The molecule has 0 amide bonds. The molecule has 234 valence electrons. The van der Waals surface area contributed by atoms with Gasteiger partial charge in [-0.05, 0) is 81.1 Å². The van der Waals surface area contributed by atoms with Gasteiger partial charge in [0.25, 0.3) is 0 Å². The molecule has 0 aliphatic heterocycles. The number of fused-ring (bicyclic) bond motifs is 11. The van der Waals surface area contributed by atoms with Gasteiger partial charge in [-0.2, -0.15) is 0 Å². The molecule has 0 radical (unpaired) electrons. The molecule has 2 aromatic heterocycles. The third-order valence-electron chi connectivity index (χ3n) is 10.9. The van der Waals surface area contributed by atoms with Crippen LogP contribution in [0.4, 0.5) is 0 Å². The van der Waals surface area contributed by atoms with E-state index in [1.54, 1.807) is 0 Å². The van der Waals surface area contributed by atoms with Crippen LogP contribution in [-0.4, -0.2) is 4.57 Å². The third kappa shape index (κ3) is 4.00. The topological polar surface area (TPSA) is 4.93 Å². The summed E-state index contributed by atoms with van der Waals surface area (Å²) in [5.74, 6) is 0.344. The second-order valence-corrected chi connectivity index (χ2v) is 14.7. The molecular weight excluding hydrogens is 623 g/mol. The highest BCUT2D eigenvalue weighted by molar-refractivity contribution is 7.26. The average molecular weight is 654 g/mol. The van der Waals surface area contributed by atoms with Crippen molar-refractivity contribution in [3.05, 3.63) is 187 Å². The quantitative estimate of drug-likeness (QED) is 0.178. The molecule has 8 aromatic carbocycles. The summed E-state index contributed by atoms with van der Waals surface area (Å²) < 4.78 is 5.19. The molecule has 2 heteroatoms. The molecule has 1 aliphatic carbocycles. The summed E-state index contributed by atoms with van der Waals surface area (Å²) in [6, 6.07) is 63.2. The molecule has 50 heavy (non-hydrogen) atoms. The van der Waals surface area contributed by atoms with Crippen LogP contribution in [0.15, 0.2) is 170 Å². The van der Waals surface area contributed by atoms with Gasteiger partial charge >= 0.3 is 0 Å². The Hall–Kier alpha value is -5.96. The summed E-state index contributed by atoms with van der Waals surface area (Å²) in [6.07, 6.45) is 1.00. The Balaban J connectivity index is 1.24. The Kier molecular flexibility index (Phi) is 6.02. The maximum Gasteiger partial charge on any atom is 0.0640 e. The predicted octanol–water partition coefficient (Wildman–Crippen LogP) is 13.3. The first-order valence-electron chi connectivity index (χ1n) is 17.4. The molecule has 10 aromatic rings. The van der Waals surface area contributed by atoms with Crippen molar-refractivity contribution in [2.24, 2.45) is 0 Å². The summed E-state index contributed by atoms with van der Waals surface area (Å²) in [5.41, 5.74) is 13.3. The molecule has 0 spiro atoms. The first-order valence-corrected chi connectivity index (χ1v) is 18.3. The van der Waals surface area contributed by atoms with Crippen molar-refractivity contribution in [1.29, 1.82) is 0 Å². The van der Waals surface area contributed by atoms with Crippen molar-refractivity contribution in [2.75, 3.05) is 0 Å². The fourth-order valence-corrected chi connectivity index (χ4v) is 9.94. The summed E-state index contributed by atoms with van der Waals surface area (Å²) in [5, 5.41) is 7.76. The van der Waals surface area contributed by atoms with Gasteiger partial charge in [-0.1, -0.05) is 140 Å². The predicted molar refractivity (Wildman–Crippen MR) is 214 cm³/mol. The lowest BCUT2D eigenvalue weighted by atomic mass is 9.89. The van der Waals surface area contributed by atoms with Crippen molar-refractivity contribution in [3.63, 3.8) is 0 Å². The summed E-state index contributed by atoms with van der Waals surface area (Å²) in [7, 11) is 0. The normalized spacial score (nSPS) is 13.9. The highest BCUT2D eigenvalue weighted by Crippen LogP contribution is 2.51. The van der Waals surface area contributed by atoms with Gasteiger partial charge in [-0.25, -0.2) is 0 Å². The van der Waals surface area contributed by atoms with E-state index in [9.17, 15) is 0 Å². The lowest BCUT2D eigenvalue weighted by molar-refractivity contribution is 0.827. The zero-order chi connectivity index (χ0) is 32.8. The van der Waals surface area contributed by atoms with Gasteiger partial charge in [-0.15, -0.1) is 11.3 Å². The van der Waals surface area contributed by atoms with Crippen LogP contribution in [0.3, 0.4) is 0 Å². The van der Waals surface area contributed by atoms with Gasteiger partial charge in [0.15, 0.2) is 0 Å². The second-order valence-electron chi connectivity index (χ2n) is 13.6. The van der Waals surface area contributed by atoms with Crippen LogP contribution in [0.25, 0.3) is 80.7 Å². The Bertz CT molecular complexity index is 2960. The molecule has 0 N–H and O–H groups in total. The molecule has 1 atom stereocenters. The molecule has 11 rings (SSSR count). The standard InChI is InChI=1S/C48H31NS/c1-2-13-30(14-3-1)27-40-34-18-6-7-19-35(34)41-28-32(25-26-36(40)41)39-29-45-47(38-21-9-11-24-44(38)50-45)48-46(39)37-20-8-10-22-43(37)49(48)42-23-12-16-31-15-4-5-17-33(31)42/h1-26,28-29,40H,27H2. The van der Waals surface area contributed by atoms with Crippen LogP contribution in [0.5, 0.6) is 0 Å². The van der Waals surface area contributed by atoms with Crippen LogP contribution in [0, 0.1) is 0 Å². The van der Waals surface area contributed by atoms with E-state index in [4.69, 9.17) is 0 Å². The van der Waals surface area contributed by atoms with E-state index in [-0.39, 0.29) is 0 Å². The number of aromatic nitrogens is 1. The maximum atomic E-state index is 2.55. The first-order chi connectivity index (χ1) is 24.8. The fourth-order valence-electron chi connectivity index (χ4n) is 8.79. The Morgan fingerprint density at radius 3 is 2.12 bits per heavy atom. The van der Waals surface area contributed by atoms with Crippen molar-refractivity contribution >= 4 is 64.1 Å². The van der Waals surface area contributed by atoms with Gasteiger partial charge < -0.3 is 4.57 Å². The van der Waals surface area contributed by atoms with Crippen LogP contribution < -0.4 is 0 Å². The molecule has 2 heterocycles. The van der Waals surface area contributed by atoms with E-state index < -0.39 is 0 Å². The van der Waals surface area contributed by atoms with Gasteiger partial charge in [0.2, 0.25) is 0 Å². The average Bonchev–Trinajstić information content (AvgIpc) is 3.82. The SMILES string of the molecule is c1ccc(CC2c3ccccc3-c3cc(-c4cc5sc6ccccc6c5c5c4c4ccccc4n5-c4cccc5ccccc45)ccc32)cc1. The van der Waals surface area contributed by atoms with Crippen LogP contribution in [0.2, 0.25) is 0 Å². The van der Waals surface area contributed by atoms with Crippen molar-refractivity contribution in [3.8, 4) is 27.9 Å². The Morgan fingerprint density at radius 1 is 0.480 bits per heavy atom. The molecule has 0 saturated heterocycles. The number of thiophene rings is 1. The van der Waals surface area contributed by atoms with Crippen LogP contribution in [-0.2, 0) is 6.42 Å². The molecule has 1 aliphatic rings. The largest absolute Gasteiger partial charge is 0.308 e. The number of rotatable bonds is 4. The van der Waals surface area contributed by atoms with Crippen molar-refractivity contribution < 1.29 is 0 Å². The minimum atomic E-state index is 0.344. The van der Waals surface area contributed by atoms with Gasteiger partial charge in [-0.3, -0.25) is 0 Å². The molecule has 0 bridgehead atoms. The fraction of sp³-hybridized carbons (Fsp3) is 0.0417. The molecule has 1 nitrogen and oxygen atoms in total. The highest BCUT2D eigenvalue weighted by atomic mass is 32.1. The van der Waals surface area contributed by atoms with E-state index in [0.29, 0.717) is 5.92 Å². The van der Waals surface area contributed by atoms with E-state index in [2.05, 4.69) is 174 Å². The smallest absolute Gasteiger partial charge is 0.0640 e. The lowest BCUT2D eigenvalue weighted by Gasteiger charge is -2.15. The minimum Gasteiger partial charge on any atom is -0.308 e. The Morgan fingerprint density at radius 2 is 1.20 bits per heavy atom. The monoisotopic (exact) mass is 653 g/mol. The van der Waals surface area contributed by atoms with E-state index in [0.717, 1.165) is 6.42 Å². The minimum absolute atomic E-state index is 0.344. The van der Waals surface area contributed by atoms with Gasteiger partial charge in [0, 0.05) is 42.2 Å². The second kappa shape index (κ2) is 10.8. The van der Waals surface area contributed by atoms with Gasteiger partial charge in [0.1, 0.15) is 0 Å².